The van der Waals surface area contributed by atoms with Gasteiger partial charge in [0.25, 0.3) is 0 Å². The lowest BCUT2D eigenvalue weighted by Crippen LogP contribution is -2.54. The fourth-order valence-electron chi connectivity index (χ4n) is 3.09. The molecule has 0 atom stereocenters. The third kappa shape index (κ3) is 6.01. The first-order chi connectivity index (χ1) is 12.5. The largest absolute Gasteiger partial charge is 0.353 e. The molecule has 1 N–H and O–H groups in total. The first-order valence-electron chi connectivity index (χ1n) is 9.35. The Morgan fingerprint density at radius 3 is 2.31 bits per heavy atom. The van der Waals surface area contributed by atoms with Gasteiger partial charge in [0.2, 0.25) is 11.8 Å². The Bertz CT molecular complexity index is 520. The van der Waals surface area contributed by atoms with Crippen LogP contribution in [-0.4, -0.2) is 110 Å². The van der Waals surface area contributed by atoms with Crippen LogP contribution in [0.15, 0.2) is 17.6 Å². The van der Waals surface area contributed by atoms with Crippen LogP contribution >= 0.6 is 0 Å². The molecule has 2 rings (SSSR count). The summed E-state index contributed by atoms with van der Waals surface area (Å²) in [6.45, 7) is 9.95. The molecule has 0 radical (unpaired) electrons. The zero-order valence-electron chi connectivity index (χ0n) is 16.1. The third-order valence-electron chi connectivity index (χ3n) is 4.76. The van der Waals surface area contributed by atoms with E-state index in [2.05, 4.69) is 26.7 Å². The molecular weight excluding hydrogens is 332 g/mol. The highest BCUT2D eigenvalue weighted by Crippen LogP contribution is 2.09. The topological polar surface area (TPSA) is 71.5 Å². The molecule has 0 bridgehead atoms. The Kier molecular flexibility index (Phi) is 7.90. The number of carbonyl (C=O) groups is 2. The van der Waals surface area contributed by atoms with E-state index in [9.17, 15) is 9.59 Å². The van der Waals surface area contributed by atoms with Gasteiger partial charge in [-0.15, -0.1) is 6.58 Å². The highest BCUT2D eigenvalue weighted by Gasteiger charge is 2.24. The van der Waals surface area contributed by atoms with Crippen molar-refractivity contribution in [3.05, 3.63) is 12.7 Å². The molecule has 2 fully saturated rings. The van der Waals surface area contributed by atoms with E-state index in [-0.39, 0.29) is 18.4 Å². The maximum atomic E-state index is 12.3. The standard InChI is InChI=1S/C18H32N6O2/c1-4-7-19-18(20-14-16(25)21(2)3)24-12-10-22(11-13-24)15-17(26)23-8-5-6-9-23/h4H,1,5-15H2,2-3H3,(H,19,20). The number of hydrogen-bond acceptors (Lipinski definition) is 4. The fourth-order valence-corrected chi connectivity index (χ4v) is 3.09. The summed E-state index contributed by atoms with van der Waals surface area (Å²) < 4.78 is 0. The van der Waals surface area contributed by atoms with Crippen molar-refractivity contribution in [1.82, 2.24) is 24.9 Å². The minimum absolute atomic E-state index is 0.0299. The number of guanidine groups is 1. The number of nitrogens with one attached hydrogen (secondary N) is 1. The number of likely N-dealkylation sites (tertiary alicyclic amines) is 1. The molecule has 8 nitrogen and oxygen atoms in total. The number of hydrogen-bond donors (Lipinski definition) is 1. The smallest absolute Gasteiger partial charge is 0.243 e. The number of aliphatic imine (C=N–C) groups is 1. The summed E-state index contributed by atoms with van der Waals surface area (Å²) >= 11 is 0. The number of carbonyl (C=O) groups excluding carboxylic acids is 2. The first kappa shape index (κ1) is 20.2. The van der Waals surface area contributed by atoms with E-state index >= 15 is 0 Å². The molecule has 0 aromatic heterocycles. The van der Waals surface area contributed by atoms with E-state index in [0.717, 1.165) is 58.1 Å². The van der Waals surface area contributed by atoms with Crippen LogP contribution in [0.4, 0.5) is 0 Å². The Labute approximate surface area is 156 Å². The SMILES string of the molecule is C=CCNC(=NCC(=O)N(C)C)N1CCN(CC(=O)N2CCCC2)CC1. The van der Waals surface area contributed by atoms with E-state index in [0.29, 0.717) is 13.1 Å². The minimum Gasteiger partial charge on any atom is -0.353 e. The summed E-state index contributed by atoms with van der Waals surface area (Å²) in [4.78, 5) is 36.4. The maximum Gasteiger partial charge on any atom is 0.243 e. The lowest BCUT2D eigenvalue weighted by atomic mass is 10.3. The van der Waals surface area contributed by atoms with Gasteiger partial charge in [0.1, 0.15) is 6.54 Å². The molecule has 8 heteroatoms. The van der Waals surface area contributed by atoms with Crippen molar-refractivity contribution in [3.8, 4) is 0 Å². The molecule has 2 saturated heterocycles. The minimum atomic E-state index is -0.0299. The van der Waals surface area contributed by atoms with Crippen LogP contribution in [0.3, 0.4) is 0 Å². The summed E-state index contributed by atoms with van der Waals surface area (Å²) in [5.74, 6) is 0.939. The van der Waals surface area contributed by atoms with Gasteiger partial charge in [0, 0.05) is 59.9 Å². The number of likely N-dealkylation sites (N-methyl/N-ethyl adjacent to an activating group) is 1. The lowest BCUT2D eigenvalue weighted by Gasteiger charge is -2.36. The second kappa shape index (κ2) is 10.2. The highest BCUT2D eigenvalue weighted by molar-refractivity contribution is 5.85. The van der Waals surface area contributed by atoms with Crippen molar-refractivity contribution in [3.63, 3.8) is 0 Å². The van der Waals surface area contributed by atoms with E-state index in [1.54, 1.807) is 20.2 Å². The number of nitrogens with zero attached hydrogens (tertiary/aromatic N) is 5. The monoisotopic (exact) mass is 364 g/mol. The van der Waals surface area contributed by atoms with Crippen LogP contribution in [0.2, 0.25) is 0 Å². The average molecular weight is 364 g/mol. The van der Waals surface area contributed by atoms with Crippen molar-refractivity contribution >= 4 is 17.8 Å². The summed E-state index contributed by atoms with van der Waals surface area (Å²) in [5.41, 5.74) is 0. The van der Waals surface area contributed by atoms with Crippen molar-refractivity contribution in [2.24, 2.45) is 4.99 Å². The normalized spacial score (nSPS) is 18.8. The molecule has 26 heavy (non-hydrogen) atoms. The van der Waals surface area contributed by atoms with Gasteiger partial charge in [0.15, 0.2) is 5.96 Å². The second-order valence-corrected chi connectivity index (χ2v) is 6.95. The van der Waals surface area contributed by atoms with Crippen LogP contribution in [0.1, 0.15) is 12.8 Å². The van der Waals surface area contributed by atoms with E-state index in [1.165, 1.54) is 4.90 Å². The third-order valence-corrected chi connectivity index (χ3v) is 4.76. The van der Waals surface area contributed by atoms with Gasteiger partial charge in [-0.1, -0.05) is 6.08 Å². The molecule has 2 amide bonds. The molecular formula is C18H32N6O2. The summed E-state index contributed by atoms with van der Waals surface area (Å²) in [6, 6.07) is 0. The zero-order valence-corrected chi connectivity index (χ0v) is 16.1. The molecule has 0 spiro atoms. The van der Waals surface area contributed by atoms with E-state index in [1.807, 2.05) is 4.90 Å². The first-order valence-corrected chi connectivity index (χ1v) is 9.35. The highest BCUT2D eigenvalue weighted by atomic mass is 16.2. The Morgan fingerprint density at radius 1 is 1.08 bits per heavy atom. The molecule has 0 aromatic carbocycles. The van der Waals surface area contributed by atoms with Gasteiger partial charge in [-0.2, -0.15) is 0 Å². The van der Waals surface area contributed by atoms with Gasteiger partial charge in [0.05, 0.1) is 6.54 Å². The molecule has 0 aromatic rings. The lowest BCUT2D eigenvalue weighted by molar-refractivity contribution is -0.131. The number of rotatable bonds is 6. The van der Waals surface area contributed by atoms with Gasteiger partial charge >= 0.3 is 0 Å². The zero-order chi connectivity index (χ0) is 18.9. The van der Waals surface area contributed by atoms with Crippen molar-refractivity contribution in [2.75, 3.05) is 73.0 Å². The molecule has 0 saturated carbocycles. The quantitative estimate of drug-likeness (QED) is 0.389. The van der Waals surface area contributed by atoms with Crippen LogP contribution < -0.4 is 5.32 Å². The van der Waals surface area contributed by atoms with Crippen LogP contribution in [0, 0.1) is 0 Å². The van der Waals surface area contributed by atoms with Gasteiger partial charge in [-0.25, -0.2) is 4.99 Å². The number of piperazine rings is 1. The van der Waals surface area contributed by atoms with E-state index < -0.39 is 0 Å². The van der Waals surface area contributed by atoms with Crippen LogP contribution in [0.25, 0.3) is 0 Å². The predicted molar refractivity (Wildman–Crippen MR) is 103 cm³/mol. The summed E-state index contributed by atoms with van der Waals surface area (Å²) in [5, 5.41) is 3.23. The molecule has 146 valence electrons. The second-order valence-electron chi connectivity index (χ2n) is 6.95. The molecule has 2 aliphatic rings. The predicted octanol–water partition coefficient (Wildman–Crippen LogP) is -0.554. The Hall–Kier alpha value is -2.09. The molecule has 0 unspecified atom stereocenters. The van der Waals surface area contributed by atoms with E-state index in [4.69, 9.17) is 0 Å². The summed E-state index contributed by atoms with van der Waals surface area (Å²) in [6.07, 6.45) is 4.02. The average Bonchev–Trinajstić information content (AvgIpc) is 3.17. The van der Waals surface area contributed by atoms with Crippen LogP contribution in [-0.2, 0) is 9.59 Å². The Balaban J connectivity index is 1.85. The molecule has 0 aliphatic carbocycles. The molecule has 2 heterocycles. The van der Waals surface area contributed by atoms with Gasteiger partial charge in [-0.3, -0.25) is 14.5 Å². The Morgan fingerprint density at radius 2 is 1.73 bits per heavy atom. The molecule has 2 aliphatic heterocycles. The summed E-state index contributed by atoms with van der Waals surface area (Å²) in [7, 11) is 3.45. The maximum absolute atomic E-state index is 12.3. The van der Waals surface area contributed by atoms with Crippen molar-refractivity contribution < 1.29 is 9.59 Å². The van der Waals surface area contributed by atoms with Crippen LogP contribution in [0.5, 0.6) is 0 Å². The number of amides is 2. The van der Waals surface area contributed by atoms with Crippen molar-refractivity contribution in [1.29, 1.82) is 0 Å². The van der Waals surface area contributed by atoms with Gasteiger partial charge in [-0.05, 0) is 12.8 Å². The van der Waals surface area contributed by atoms with Gasteiger partial charge < -0.3 is 20.0 Å². The van der Waals surface area contributed by atoms with Crippen molar-refractivity contribution in [2.45, 2.75) is 12.8 Å². The fraction of sp³-hybridized carbons (Fsp3) is 0.722.